The van der Waals surface area contributed by atoms with E-state index in [1.54, 1.807) is 0 Å². The Bertz CT molecular complexity index is 1550. The van der Waals surface area contributed by atoms with E-state index in [9.17, 15) is 0 Å². The lowest BCUT2D eigenvalue weighted by Crippen LogP contribution is -1.83. The van der Waals surface area contributed by atoms with Gasteiger partial charge >= 0.3 is 0 Å². The fourth-order valence-electron chi connectivity index (χ4n) is 4.39. The van der Waals surface area contributed by atoms with Crippen molar-refractivity contribution in [1.82, 2.24) is 0 Å². The Balaban J connectivity index is 1.69. The predicted octanol–water partition coefficient (Wildman–Crippen LogP) is 9.71. The average Bonchev–Trinajstić information content (AvgIpc) is 3.24. The zero-order chi connectivity index (χ0) is 21.5. The molecular weight excluding hydrogens is 428 g/mol. The summed E-state index contributed by atoms with van der Waals surface area (Å²) in [6.07, 6.45) is 0. The van der Waals surface area contributed by atoms with Gasteiger partial charge in [-0.1, -0.05) is 103 Å². The van der Waals surface area contributed by atoms with Crippen molar-refractivity contribution in [2.75, 3.05) is 0 Å². The second kappa shape index (κ2) is 7.94. The van der Waals surface area contributed by atoms with E-state index in [0.717, 1.165) is 5.02 Å². The van der Waals surface area contributed by atoms with Crippen molar-refractivity contribution in [1.29, 1.82) is 0 Å². The molecule has 0 radical (unpaired) electrons. The third-order valence-electron chi connectivity index (χ3n) is 5.95. The van der Waals surface area contributed by atoms with Gasteiger partial charge in [-0.2, -0.15) is 0 Å². The lowest BCUT2D eigenvalue weighted by molar-refractivity contribution is 1.63. The molecule has 0 atom stereocenters. The first kappa shape index (κ1) is 19.3. The summed E-state index contributed by atoms with van der Waals surface area (Å²) < 4.78 is 2.66. The first-order valence-electron chi connectivity index (χ1n) is 10.6. The molecule has 32 heavy (non-hydrogen) atoms. The van der Waals surface area contributed by atoms with Gasteiger partial charge in [-0.05, 0) is 52.1 Å². The maximum absolute atomic E-state index is 6.16. The van der Waals surface area contributed by atoms with Gasteiger partial charge in [0.15, 0.2) is 0 Å². The van der Waals surface area contributed by atoms with Gasteiger partial charge in [0, 0.05) is 30.8 Å². The van der Waals surface area contributed by atoms with Crippen LogP contribution in [0.25, 0.3) is 53.6 Å². The first-order chi connectivity index (χ1) is 15.8. The van der Waals surface area contributed by atoms with Gasteiger partial charge in [0.1, 0.15) is 0 Å². The van der Waals surface area contributed by atoms with Crippen molar-refractivity contribution in [3.05, 3.63) is 120 Å². The van der Waals surface area contributed by atoms with Crippen LogP contribution in [-0.2, 0) is 0 Å². The van der Waals surface area contributed by atoms with E-state index < -0.39 is 0 Å². The standard InChI is InChI=1S/C30H19ClS/c31-24-16-14-20(15-17-24)23-18-27(22-10-5-2-6-11-22)30-28(19-23)26-13-7-12-25(29(26)32-30)21-8-3-1-4-9-21/h1-19H. The minimum atomic E-state index is 0.756. The zero-order valence-corrected chi connectivity index (χ0v) is 18.8. The van der Waals surface area contributed by atoms with Gasteiger partial charge in [0.25, 0.3) is 0 Å². The summed E-state index contributed by atoms with van der Waals surface area (Å²) in [5.74, 6) is 0. The Morgan fingerprint density at radius 2 is 1.06 bits per heavy atom. The number of fused-ring (bicyclic) bond motifs is 3. The van der Waals surface area contributed by atoms with Gasteiger partial charge in [0.05, 0.1) is 0 Å². The summed E-state index contributed by atoms with van der Waals surface area (Å²) in [7, 11) is 0. The summed E-state index contributed by atoms with van der Waals surface area (Å²) in [5.41, 5.74) is 7.43. The van der Waals surface area contributed by atoms with Crippen molar-refractivity contribution >= 4 is 43.1 Å². The second-order valence-electron chi connectivity index (χ2n) is 7.92. The minimum absolute atomic E-state index is 0.756. The van der Waals surface area contributed by atoms with Gasteiger partial charge in [-0.3, -0.25) is 0 Å². The molecular formula is C30H19ClS. The molecule has 6 rings (SSSR count). The number of thiophene rings is 1. The highest BCUT2D eigenvalue weighted by atomic mass is 35.5. The molecule has 1 aromatic heterocycles. The summed E-state index contributed by atoms with van der Waals surface area (Å²) >= 11 is 8.05. The molecule has 0 aliphatic rings. The van der Waals surface area contributed by atoms with Crippen molar-refractivity contribution in [2.45, 2.75) is 0 Å². The van der Waals surface area contributed by atoms with Gasteiger partial charge in [-0.25, -0.2) is 0 Å². The van der Waals surface area contributed by atoms with E-state index in [1.807, 2.05) is 23.5 Å². The summed E-state index contributed by atoms with van der Waals surface area (Å²) in [4.78, 5) is 0. The molecule has 0 bridgehead atoms. The highest BCUT2D eigenvalue weighted by Crippen LogP contribution is 2.45. The zero-order valence-electron chi connectivity index (χ0n) is 17.3. The van der Waals surface area contributed by atoms with Crippen molar-refractivity contribution in [2.24, 2.45) is 0 Å². The van der Waals surface area contributed by atoms with E-state index in [4.69, 9.17) is 11.6 Å². The first-order valence-corrected chi connectivity index (χ1v) is 11.8. The van der Waals surface area contributed by atoms with Crippen molar-refractivity contribution in [3.63, 3.8) is 0 Å². The van der Waals surface area contributed by atoms with Gasteiger partial charge in [0.2, 0.25) is 0 Å². The number of benzene rings is 5. The van der Waals surface area contributed by atoms with E-state index in [-0.39, 0.29) is 0 Å². The molecule has 0 saturated carbocycles. The second-order valence-corrected chi connectivity index (χ2v) is 9.38. The molecule has 6 aromatic rings. The van der Waals surface area contributed by atoms with Crippen LogP contribution in [0.3, 0.4) is 0 Å². The quantitative estimate of drug-likeness (QED) is 0.253. The van der Waals surface area contributed by atoms with Gasteiger partial charge < -0.3 is 0 Å². The molecule has 0 aliphatic heterocycles. The molecule has 0 N–H and O–H groups in total. The van der Waals surface area contributed by atoms with Crippen LogP contribution in [0.5, 0.6) is 0 Å². The summed E-state index contributed by atoms with van der Waals surface area (Å²) in [5, 5.41) is 3.36. The van der Waals surface area contributed by atoms with Crippen molar-refractivity contribution in [3.8, 4) is 33.4 Å². The molecule has 0 nitrogen and oxygen atoms in total. The number of hydrogen-bond acceptors (Lipinski definition) is 1. The Kier molecular flexibility index (Phi) is 4.79. The Morgan fingerprint density at radius 1 is 0.438 bits per heavy atom. The number of rotatable bonds is 3. The Labute approximate surface area is 196 Å². The van der Waals surface area contributed by atoms with Crippen LogP contribution in [0, 0.1) is 0 Å². The van der Waals surface area contributed by atoms with E-state index in [2.05, 4.69) is 103 Å². The molecule has 1 heterocycles. The van der Waals surface area contributed by atoms with Crippen LogP contribution in [-0.4, -0.2) is 0 Å². The molecule has 0 amide bonds. The summed E-state index contributed by atoms with van der Waals surface area (Å²) in [6, 6.07) is 40.8. The highest BCUT2D eigenvalue weighted by molar-refractivity contribution is 7.26. The third kappa shape index (κ3) is 3.31. The number of halogens is 1. The molecule has 5 aromatic carbocycles. The van der Waals surface area contributed by atoms with E-state index >= 15 is 0 Å². The smallest absolute Gasteiger partial charge is 0.0434 e. The summed E-state index contributed by atoms with van der Waals surface area (Å²) in [6.45, 7) is 0. The maximum Gasteiger partial charge on any atom is 0.0434 e. The Morgan fingerprint density at radius 3 is 1.75 bits per heavy atom. The fourth-order valence-corrected chi connectivity index (χ4v) is 5.87. The van der Waals surface area contributed by atoms with Crippen LogP contribution in [0.1, 0.15) is 0 Å². The maximum atomic E-state index is 6.16. The lowest BCUT2D eigenvalue weighted by Gasteiger charge is -2.09. The molecule has 0 fully saturated rings. The van der Waals surface area contributed by atoms with Crippen LogP contribution in [0.4, 0.5) is 0 Å². The number of hydrogen-bond donors (Lipinski definition) is 0. The highest BCUT2D eigenvalue weighted by Gasteiger charge is 2.16. The van der Waals surface area contributed by atoms with Crippen LogP contribution >= 0.6 is 22.9 Å². The normalized spacial score (nSPS) is 11.3. The topological polar surface area (TPSA) is 0 Å². The minimum Gasteiger partial charge on any atom is -0.134 e. The molecule has 0 aliphatic carbocycles. The lowest BCUT2D eigenvalue weighted by atomic mass is 9.95. The Hall–Kier alpha value is -3.39. The molecule has 152 valence electrons. The SMILES string of the molecule is Clc1ccc(-c2cc(-c3ccccc3)c3sc4c(-c5ccccc5)cccc4c3c2)cc1. The van der Waals surface area contributed by atoms with E-state index in [0.29, 0.717) is 0 Å². The largest absolute Gasteiger partial charge is 0.134 e. The van der Waals surface area contributed by atoms with E-state index in [1.165, 1.54) is 53.6 Å². The monoisotopic (exact) mass is 446 g/mol. The molecule has 0 spiro atoms. The fraction of sp³-hybridized carbons (Fsp3) is 0. The van der Waals surface area contributed by atoms with Crippen LogP contribution in [0.2, 0.25) is 5.02 Å². The predicted molar refractivity (Wildman–Crippen MR) is 141 cm³/mol. The van der Waals surface area contributed by atoms with Crippen LogP contribution in [0.15, 0.2) is 115 Å². The van der Waals surface area contributed by atoms with Gasteiger partial charge in [-0.15, -0.1) is 11.3 Å². The molecule has 0 saturated heterocycles. The van der Waals surface area contributed by atoms with Crippen molar-refractivity contribution < 1.29 is 0 Å². The molecule has 0 unspecified atom stereocenters. The molecule has 2 heteroatoms. The average molecular weight is 447 g/mol. The van der Waals surface area contributed by atoms with Crippen LogP contribution < -0.4 is 0 Å². The third-order valence-corrected chi connectivity index (χ3v) is 7.49.